The van der Waals surface area contributed by atoms with Gasteiger partial charge in [0, 0.05) is 15.9 Å². The lowest BCUT2D eigenvalue weighted by Crippen LogP contribution is -2.46. The summed E-state index contributed by atoms with van der Waals surface area (Å²) in [6.45, 7) is 0. The highest BCUT2D eigenvalue weighted by atomic mass is 79.9. The molecule has 0 heterocycles. The van der Waals surface area contributed by atoms with E-state index in [0.717, 1.165) is 16.6 Å². The SMILES string of the molecule is NC(=O)[C@@H](Cc1cc(Cl)ccc1Br)NC(=O)Cc1ccc(F)c(F)c1. The van der Waals surface area contributed by atoms with Gasteiger partial charge in [0.15, 0.2) is 11.6 Å². The number of primary amides is 1. The van der Waals surface area contributed by atoms with Crippen LogP contribution in [0.4, 0.5) is 8.78 Å². The highest BCUT2D eigenvalue weighted by Gasteiger charge is 2.20. The van der Waals surface area contributed by atoms with Crippen molar-refractivity contribution in [2.45, 2.75) is 18.9 Å². The molecule has 2 aromatic carbocycles. The van der Waals surface area contributed by atoms with E-state index in [1.54, 1.807) is 18.2 Å². The molecule has 4 nitrogen and oxygen atoms in total. The third-order valence-electron chi connectivity index (χ3n) is 3.46. The second-order valence-electron chi connectivity index (χ2n) is 5.39. The van der Waals surface area contributed by atoms with E-state index < -0.39 is 29.5 Å². The molecule has 0 aliphatic heterocycles. The van der Waals surface area contributed by atoms with E-state index >= 15 is 0 Å². The average molecular weight is 432 g/mol. The molecular formula is C17H14BrClF2N2O2. The van der Waals surface area contributed by atoms with Crippen LogP contribution in [0.3, 0.4) is 0 Å². The quantitative estimate of drug-likeness (QED) is 0.737. The molecule has 0 fully saturated rings. The van der Waals surface area contributed by atoms with Crippen LogP contribution in [0.2, 0.25) is 5.02 Å². The fraction of sp³-hybridized carbons (Fsp3) is 0.176. The minimum absolute atomic E-state index is 0.139. The number of amides is 2. The summed E-state index contributed by atoms with van der Waals surface area (Å²) >= 11 is 9.27. The predicted octanol–water partition coefficient (Wildman–Crippen LogP) is 3.14. The minimum atomic E-state index is -1.04. The van der Waals surface area contributed by atoms with Gasteiger partial charge in [0.25, 0.3) is 0 Å². The topological polar surface area (TPSA) is 72.2 Å². The molecular weight excluding hydrogens is 418 g/mol. The van der Waals surface area contributed by atoms with Crippen molar-refractivity contribution in [3.8, 4) is 0 Å². The lowest BCUT2D eigenvalue weighted by molar-refractivity contribution is -0.127. The van der Waals surface area contributed by atoms with E-state index in [0.29, 0.717) is 10.6 Å². The second kappa shape index (κ2) is 8.40. The molecule has 0 saturated heterocycles. The van der Waals surface area contributed by atoms with E-state index in [1.165, 1.54) is 6.07 Å². The van der Waals surface area contributed by atoms with Crippen molar-refractivity contribution in [1.29, 1.82) is 0 Å². The third-order valence-corrected chi connectivity index (χ3v) is 4.47. The molecule has 0 saturated carbocycles. The smallest absolute Gasteiger partial charge is 0.240 e. The maximum Gasteiger partial charge on any atom is 0.240 e. The van der Waals surface area contributed by atoms with Crippen LogP contribution in [0.15, 0.2) is 40.9 Å². The van der Waals surface area contributed by atoms with Crippen LogP contribution >= 0.6 is 27.5 Å². The van der Waals surface area contributed by atoms with Crippen molar-refractivity contribution in [3.63, 3.8) is 0 Å². The molecule has 2 amide bonds. The van der Waals surface area contributed by atoms with Gasteiger partial charge in [-0.25, -0.2) is 8.78 Å². The first kappa shape index (κ1) is 19.3. The van der Waals surface area contributed by atoms with Crippen LogP contribution in [0.5, 0.6) is 0 Å². The van der Waals surface area contributed by atoms with Crippen molar-refractivity contribution >= 4 is 39.3 Å². The zero-order valence-electron chi connectivity index (χ0n) is 12.9. The van der Waals surface area contributed by atoms with Crippen molar-refractivity contribution < 1.29 is 18.4 Å². The Balaban J connectivity index is 2.07. The van der Waals surface area contributed by atoms with Crippen molar-refractivity contribution in [2.24, 2.45) is 5.73 Å². The summed E-state index contributed by atoms with van der Waals surface area (Å²) < 4.78 is 26.8. The molecule has 0 spiro atoms. The minimum Gasteiger partial charge on any atom is -0.368 e. The molecule has 1 atom stereocenters. The number of nitrogens with one attached hydrogen (secondary N) is 1. The summed E-state index contributed by atoms with van der Waals surface area (Å²) in [6.07, 6.45) is -0.0717. The monoisotopic (exact) mass is 430 g/mol. The van der Waals surface area contributed by atoms with Gasteiger partial charge in [-0.15, -0.1) is 0 Å². The zero-order valence-corrected chi connectivity index (χ0v) is 15.2. The highest BCUT2D eigenvalue weighted by Crippen LogP contribution is 2.22. The molecule has 8 heteroatoms. The van der Waals surface area contributed by atoms with E-state index in [1.807, 2.05) is 0 Å². The molecule has 0 aromatic heterocycles. The number of rotatable bonds is 6. The van der Waals surface area contributed by atoms with Crippen LogP contribution < -0.4 is 11.1 Å². The van der Waals surface area contributed by atoms with Gasteiger partial charge in [-0.05, 0) is 41.5 Å². The van der Waals surface area contributed by atoms with Gasteiger partial charge < -0.3 is 11.1 Å². The molecule has 25 heavy (non-hydrogen) atoms. The Morgan fingerprint density at radius 3 is 2.52 bits per heavy atom. The Morgan fingerprint density at radius 1 is 1.16 bits per heavy atom. The molecule has 0 aliphatic carbocycles. The van der Waals surface area contributed by atoms with Gasteiger partial charge in [-0.1, -0.05) is 33.6 Å². The lowest BCUT2D eigenvalue weighted by atomic mass is 10.0. The van der Waals surface area contributed by atoms with Gasteiger partial charge in [0.05, 0.1) is 6.42 Å². The fourth-order valence-electron chi connectivity index (χ4n) is 2.22. The highest BCUT2D eigenvalue weighted by molar-refractivity contribution is 9.10. The summed E-state index contributed by atoms with van der Waals surface area (Å²) in [4.78, 5) is 23.7. The molecule has 0 aliphatic rings. The maximum absolute atomic E-state index is 13.2. The molecule has 2 aromatic rings. The van der Waals surface area contributed by atoms with E-state index in [2.05, 4.69) is 21.2 Å². The van der Waals surface area contributed by atoms with Gasteiger partial charge in [-0.3, -0.25) is 9.59 Å². The summed E-state index contributed by atoms with van der Waals surface area (Å²) in [5, 5.41) is 2.98. The Hall–Kier alpha value is -1.99. The first-order valence-corrected chi connectivity index (χ1v) is 8.40. The standard InChI is InChI=1S/C17H14BrClF2N2O2/c18-12-3-2-11(19)7-10(12)8-15(17(22)25)23-16(24)6-9-1-4-13(20)14(21)5-9/h1-5,7,15H,6,8H2,(H2,22,25)(H,23,24)/t15-/m1/s1. The Kier molecular flexibility index (Phi) is 6.50. The molecule has 132 valence electrons. The largest absolute Gasteiger partial charge is 0.368 e. The van der Waals surface area contributed by atoms with Gasteiger partial charge in [-0.2, -0.15) is 0 Å². The molecule has 0 bridgehead atoms. The van der Waals surface area contributed by atoms with E-state index in [9.17, 15) is 18.4 Å². The number of carbonyl (C=O) groups excluding carboxylic acids is 2. The van der Waals surface area contributed by atoms with Crippen LogP contribution in [-0.2, 0) is 22.4 Å². The van der Waals surface area contributed by atoms with E-state index in [-0.39, 0.29) is 18.4 Å². The maximum atomic E-state index is 13.2. The van der Waals surface area contributed by atoms with Crippen LogP contribution in [-0.4, -0.2) is 17.9 Å². The second-order valence-corrected chi connectivity index (χ2v) is 6.68. The number of benzene rings is 2. The van der Waals surface area contributed by atoms with Gasteiger partial charge in [0.2, 0.25) is 11.8 Å². The Morgan fingerprint density at radius 2 is 1.88 bits per heavy atom. The predicted molar refractivity (Wildman–Crippen MR) is 94.0 cm³/mol. The van der Waals surface area contributed by atoms with Gasteiger partial charge >= 0.3 is 0 Å². The summed E-state index contributed by atoms with van der Waals surface area (Å²) in [7, 11) is 0. The van der Waals surface area contributed by atoms with Gasteiger partial charge in [0.1, 0.15) is 6.04 Å². The molecule has 3 N–H and O–H groups in total. The first-order valence-electron chi connectivity index (χ1n) is 7.23. The summed E-state index contributed by atoms with van der Waals surface area (Å²) in [5.74, 6) is -3.29. The summed E-state index contributed by atoms with van der Waals surface area (Å²) in [6, 6.07) is 7.25. The number of halogens is 4. The number of carbonyl (C=O) groups is 2. The molecule has 0 radical (unpaired) electrons. The Labute approximate surface area is 156 Å². The first-order chi connectivity index (χ1) is 11.8. The fourth-order valence-corrected chi connectivity index (χ4v) is 2.83. The van der Waals surface area contributed by atoms with Crippen molar-refractivity contribution in [1.82, 2.24) is 5.32 Å². The molecule has 2 rings (SSSR count). The zero-order chi connectivity index (χ0) is 18.6. The summed E-state index contributed by atoms with van der Waals surface area (Å²) in [5.41, 5.74) is 6.33. The van der Waals surface area contributed by atoms with E-state index in [4.69, 9.17) is 17.3 Å². The number of hydrogen-bond donors (Lipinski definition) is 2. The van der Waals surface area contributed by atoms with Crippen molar-refractivity contribution in [2.75, 3.05) is 0 Å². The number of hydrogen-bond acceptors (Lipinski definition) is 2. The van der Waals surface area contributed by atoms with Crippen LogP contribution in [0.1, 0.15) is 11.1 Å². The van der Waals surface area contributed by atoms with Crippen molar-refractivity contribution in [3.05, 3.63) is 68.7 Å². The average Bonchev–Trinajstić information content (AvgIpc) is 2.53. The van der Waals surface area contributed by atoms with Crippen LogP contribution in [0.25, 0.3) is 0 Å². The normalized spacial score (nSPS) is 11.8. The third kappa shape index (κ3) is 5.51. The van der Waals surface area contributed by atoms with Crippen LogP contribution in [0, 0.1) is 11.6 Å². The molecule has 0 unspecified atom stereocenters. The number of nitrogens with two attached hydrogens (primary N) is 1. The lowest BCUT2D eigenvalue weighted by Gasteiger charge is -2.17. The Bertz CT molecular complexity index is 817.